The second kappa shape index (κ2) is 8.28. The quantitative estimate of drug-likeness (QED) is 0.275. The average Bonchev–Trinajstić information content (AvgIpc) is 2.64. The highest BCUT2D eigenvalue weighted by Crippen LogP contribution is 2.50. The van der Waals surface area contributed by atoms with E-state index in [0.717, 1.165) is 0 Å². The molecule has 0 unspecified atom stereocenters. The molecule has 3 rings (SSSR count). The zero-order chi connectivity index (χ0) is 22.1. The maximum absolute atomic E-state index is 12.7. The van der Waals surface area contributed by atoms with Crippen molar-refractivity contribution in [2.45, 2.75) is 13.0 Å². The van der Waals surface area contributed by atoms with Crippen molar-refractivity contribution in [3.63, 3.8) is 0 Å². The summed E-state index contributed by atoms with van der Waals surface area (Å²) >= 11 is 3.36. The van der Waals surface area contributed by atoms with Gasteiger partial charge in [-0.3, -0.25) is 9.36 Å². The molecule has 0 bridgehead atoms. The predicted octanol–water partition coefficient (Wildman–Crippen LogP) is 4.30. The molecule has 0 amide bonds. The fourth-order valence-electron chi connectivity index (χ4n) is 2.85. The van der Waals surface area contributed by atoms with E-state index < -0.39 is 18.8 Å². The van der Waals surface area contributed by atoms with Crippen LogP contribution in [0, 0.1) is 5.39 Å². The van der Waals surface area contributed by atoms with E-state index in [2.05, 4.69) is 25.6 Å². The van der Waals surface area contributed by atoms with E-state index in [0.29, 0.717) is 21.1 Å². The fraction of sp³-hybridized carbons (Fsp3) is 0.333. The number of pyridine rings is 1. The first-order chi connectivity index (χ1) is 13.5. The number of benzene rings is 1. The molecule has 8 nitrogen and oxygen atoms in total. The monoisotopic (exact) mass is 481 g/mol. The van der Waals surface area contributed by atoms with Gasteiger partial charge in [-0.05, 0) is 28.9 Å². The maximum atomic E-state index is 12.7. The van der Waals surface area contributed by atoms with E-state index in [1.165, 1.54) is 24.9 Å². The number of esters is 1. The van der Waals surface area contributed by atoms with Gasteiger partial charge in [0.25, 0.3) is 5.56 Å². The lowest BCUT2D eigenvalue weighted by Gasteiger charge is -2.26. The maximum Gasteiger partial charge on any atom is 0.673 e. The summed E-state index contributed by atoms with van der Waals surface area (Å²) in [6.45, 7) is 2.03. The summed E-state index contributed by atoms with van der Waals surface area (Å²) < 4.78 is 56.6. The first kappa shape index (κ1) is 22.5. The largest absolute Gasteiger partial charge is 0.673 e. The van der Waals surface area contributed by atoms with Crippen molar-refractivity contribution in [3.8, 4) is 11.5 Å². The van der Waals surface area contributed by atoms with Gasteiger partial charge in [0, 0.05) is 0 Å². The summed E-state index contributed by atoms with van der Waals surface area (Å²) in [5, 5.41) is 9.79. The first-order valence-corrected chi connectivity index (χ1v) is 8.67. The van der Waals surface area contributed by atoms with Gasteiger partial charge in [0.2, 0.25) is 11.1 Å². The molecule has 1 aromatic heterocycles. The van der Waals surface area contributed by atoms with Crippen LogP contribution in [0.5, 0.6) is 11.5 Å². The number of carbonyl (C=O) groups is 1. The van der Waals surface area contributed by atoms with Crippen molar-refractivity contribution in [2.24, 2.45) is 0 Å². The van der Waals surface area contributed by atoms with Crippen molar-refractivity contribution in [2.75, 3.05) is 20.8 Å². The zero-order valence-corrected chi connectivity index (χ0v) is 16.8. The molecule has 1 aliphatic rings. The van der Waals surface area contributed by atoms with Crippen molar-refractivity contribution >= 4 is 45.7 Å². The Morgan fingerprint density at radius 1 is 1.38 bits per heavy atom. The van der Waals surface area contributed by atoms with Crippen LogP contribution in [0.25, 0.3) is 15.9 Å². The Kier molecular flexibility index (Phi) is 6.41. The van der Waals surface area contributed by atoms with Gasteiger partial charge in [-0.2, -0.15) is 0 Å². The third-order valence-electron chi connectivity index (χ3n) is 3.94. The number of aromatic nitrogens is 1. The van der Waals surface area contributed by atoms with Gasteiger partial charge in [-0.15, -0.1) is 0 Å². The summed E-state index contributed by atoms with van der Waals surface area (Å²) in [5.41, 5.74) is -0.141. The molecular weight excluding hydrogens is 469 g/mol. The summed E-state index contributed by atoms with van der Waals surface area (Å²) in [6.07, 6.45) is 0. The normalized spacial score (nSPS) is 14.9. The van der Waals surface area contributed by atoms with Crippen molar-refractivity contribution in [1.29, 1.82) is 5.39 Å². The SMILES string of the molecule is COC(=O)c1cc2c([N+]#N)c(OC)c(Br)c3c2n(c1=O)[C@@H](C)CO3.F[B-](F)(F)F. The van der Waals surface area contributed by atoms with Crippen LogP contribution in [0.1, 0.15) is 23.3 Å². The van der Waals surface area contributed by atoms with E-state index in [-0.39, 0.29) is 29.6 Å². The van der Waals surface area contributed by atoms with Gasteiger partial charge < -0.3 is 31.5 Å². The third-order valence-corrected chi connectivity index (χ3v) is 4.66. The predicted molar refractivity (Wildman–Crippen MR) is 98.9 cm³/mol. The molecule has 14 heteroatoms. The van der Waals surface area contributed by atoms with Crippen LogP contribution in [-0.4, -0.2) is 38.6 Å². The van der Waals surface area contributed by atoms with Crippen molar-refractivity contribution < 1.29 is 36.3 Å². The van der Waals surface area contributed by atoms with Crippen molar-refractivity contribution in [1.82, 2.24) is 4.57 Å². The second-order valence-electron chi connectivity index (χ2n) is 5.77. The van der Waals surface area contributed by atoms with Gasteiger partial charge in [0.15, 0.2) is 10.7 Å². The summed E-state index contributed by atoms with van der Waals surface area (Å²) in [4.78, 5) is 28.0. The van der Waals surface area contributed by atoms with E-state index in [4.69, 9.17) is 9.47 Å². The Morgan fingerprint density at radius 2 is 1.97 bits per heavy atom. The van der Waals surface area contributed by atoms with Gasteiger partial charge in [-0.1, -0.05) is 0 Å². The highest BCUT2D eigenvalue weighted by molar-refractivity contribution is 9.10. The number of diazo groups is 1. The minimum absolute atomic E-state index is 0.0831. The standard InChI is InChI=1S/C15H13BrN3O5.BF4/c1-6-5-24-13-9(16)12(22-2)10(18-17)7-4-8(15(21)23-3)14(20)19(6)11(7)13;2-1(3,4)5/h4,6H,5H2,1-3H3;/q+1;-1/t6-;/m0./s1. The molecule has 29 heavy (non-hydrogen) atoms. The Bertz CT molecular complexity index is 1080. The first-order valence-electron chi connectivity index (χ1n) is 7.88. The molecule has 156 valence electrons. The van der Waals surface area contributed by atoms with Gasteiger partial charge in [0.05, 0.1) is 20.3 Å². The number of carbonyl (C=O) groups excluding carboxylic acids is 1. The van der Waals surface area contributed by atoms with E-state index in [9.17, 15) is 32.2 Å². The van der Waals surface area contributed by atoms with Gasteiger partial charge in [-0.25, -0.2) is 4.79 Å². The lowest BCUT2D eigenvalue weighted by Crippen LogP contribution is -2.34. The minimum atomic E-state index is -6.00. The summed E-state index contributed by atoms with van der Waals surface area (Å²) in [7, 11) is -3.39. The van der Waals surface area contributed by atoms with E-state index in [1.54, 1.807) is 6.92 Å². The van der Waals surface area contributed by atoms with Crippen LogP contribution in [0.4, 0.5) is 23.0 Å². The molecule has 0 saturated heterocycles. The van der Waals surface area contributed by atoms with Crippen LogP contribution in [0.3, 0.4) is 0 Å². The number of rotatable bonds is 2. The third kappa shape index (κ3) is 4.29. The van der Waals surface area contributed by atoms with E-state index in [1.807, 2.05) is 0 Å². The summed E-state index contributed by atoms with van der Waals surface area (Å²) in [6, 6.07) is 1.01. The lowest BCUT2D eigenvalue weighted by molar-refractivity contribution is 0.0597. The van der Waals surface area contributed by atoms with Crippen LogP contribution in [-0.2, 0) is 4.74 Å². The van der Waals surface area contributed by atoms with Crippen LogP contribution in [0.2, 0.25) is 0 Å². The minimum Gasteiger partial charge on any atom is -0.488 e. The summed E-state index contributed by atoms with van der Waals surface area (Å²) in [5.74, 6) is -0.145. The highest BCUT2D eigenvalue weighted by atomic mass is 79.9. The number of methoxy groups -OCH3 is 2. The van der Waals surface area contributed by atoms with Gasteiger partial charge in [0.1, 0.15) is 27.5 Å². The Hall–Kier alpha value is -2.82. The number of ether oxygens (including phenoxy) is 3. The molecular formula is C15H13BBrF4N3O5. The molecule has 2 heterocycles. The topological polar surface area (TPSA) is 94.9 Å². The lowest BCUT2D eigenvalue weighted by atomic mass is 10.1. The molecule has 0 saturated carbocycles. The smallest absolute Gasteiger partial charge is 0.488 e. The Labute approximate surface area is 169 Å². The zero-order valence-electron chi connectivity index (χ0n) is 15.2. The Balaban J connectivity index is 0.000000537. The molecule has 0 fully saturated rings. The fourth-order valence-corrected chi connectivity index (χ4v) is 3.51. The molecule has 0 N–H and O–H groups in total. The van der Waals surface area contributed by atoms with E-state index >= 15 is 0 Å². The molecule has 0 aliphatic carbocycles. The molecule has 0 spiro atoms. The number of hydrogen-bond acceptors (Lipinski definition) is 6. The highest BCUT2D eigenvalue weighted by Gasteiger charge is 2.35. The molecule has 0 radical (unpaired) electrons. The average molecular weight is 482 g/mol. The van der Waals surface area contributed by atoms with Crippen LogP contribution in [0.15, 0.2) is 15.3 Å². The molecule has 1 aliphatic heterocycles. The number of halogens is 5. The number of nitrogens with zero attached hydrogens (tertiary/aromatic N) is 3. The van der Waals surface area contributed by atoms with Gasteiger partial charge >= 0.3 is 18.9 Å². The molecule has 1 aromatic carbocycles. The number of hydrogen-bond donors (Lipinski definition) is 0. The molecule has 2 aromatic rings. The van der Waals surface area contributed by atoms with Crippen LogP contribution >= 0.6 is 15.9 Å². The molecule has 1 atom stereocenters. The second-order valence-corrected chi connectivity index (χ2v) is 6.56. The van der Waals surface area contributed by atoms with Crippen molar-refractivity contribution in [3.05, 3.63) is 31.4 Å². The Morgan fingerprint density at radius 3 is 2.45 bits per heavy atom. The van der Waals surface area contributed by atoms with Crippen LogP contribution < -0.4 is 15.0 Å².